The van der Waals surface area contributed by atoms with Gasteiger partial charge in [0.2, 0.25) is 0 Å². The van der Waals surface area contributed by atoms with E-state index in [0.717, 1.165) is 5.56 Å². The Hall–Kier alpha value is -0.830. The van der Waals surface area contributed by atoms with E-state index in [2.05, 4.69) is 15.9 Å². The first-order valence-corrected chi connectivity index (χ1v) is 5.12. The molecule has 0 spiro atoms. The van der Waals surface area contributed by atoms with Crippen LogP contribution in [0.25, 0.3) is 0 Å². The SMILES string of the molecule is COC(=O)C(C)(Br)c1ccc(C)cc1. The highest BCUT2D eigenvalue weighted by Crippen LogP contribution is 2.32. The van der Waals surface area contributed by atoms with E-state index in [4.69, 9.17) is 4.74 Å². The van der Waals surface area contributed by atoms with Gasteiger partial charge < -0.3 is 4.74 Å². The molecule has 2 nitrogen and oxygen atoms in total. The largest absolute Gasteiger partial charge is 0.468 e. The lowest BCUT2D eigenvalue weighted by Gasteiger charge is -2.19. The summed E-state index contributed by atoms with van der Waals surface area (Å²) >= 11 is 3.37. The van der Waals surface area contributed by atoms with Crippen molar-refractivity contribution in [1.82, 2.24) is 0 Å². The number of methoxy groups -OCH3 is 1. The lowest BCUT2D eigenvalue weighted by Crippen LogP contribution is -2.26. The summed E-state index contributed by atoms with van der Waals surface area (Å²) < 4.78 is 3.96. The number of carbonyl (C=O) groups is 1. The molecular formula is C11H13BrO2. The minimum absolute atomic E-state index is 0.290. The standard InChI is InChI=1S/C11H13BrO2/c1-8-4-6-9(7-5-8)11(2,12)10(13)14-3/h4-7H,1-3H3. The zero-order valence-corrected chi connectivity index (χ0v) is 10.1. The summed E-state index contributed by atoms with van der Waals surface area (Å²) in [6.07, 6.45) is 0. The van der Waals surface area contributed by atoms with Crippen LogP contribution in [0.15, 0.2) is 24.3 Å². The number of rotatable bonds is 2. The van der Waals surface area contributed by atoms with Gasteiger partial charge in [-0.3, -0.25) is 4.79 Å². The number of hydrogen-bond acceptors (Lipinski definition) is 2. The summed E-state index contributed by atoms with van der Waals surface area (Å²) in [6.45, 7) is 3.79. The summed E-state index contributed by atoms with van der Waals surface area (Å²) in [6, 6.07) is 7.78. The maximum Gasteiger partial charge on any atom is 0.326 e. The van der Waals surface area contributed by atoms with Crippen molar-refractivity contribution >= 4 is 21.9 Å². The molecule has 1 rings (SSSR count). The number of halogens is 1. The maximum atomic E-state index is 11.4. The molecule has 0 aliphatic heterocycles. The van der Waals surface area contributed by atoms with Crippen LogP contribution in [0.3, 0.4) is 0 Å². The molecule has 0 radical (unpaired) electrons. The van der Waals surface area contributed by atoms with Crippen LogP contribution < -0.4 is 0 Å². The van der Waals surface area contributed by atoms with E-state index in [9.17, 15) is 4.79 Å². The molecule has 0 amide bonds. The van der Waals surface area contributed by atoms with Gasteiger partial charge in [0.25, 0.3) is 0 Å². The number of carbonyl (C=O) groups excluding carboxylic acids is 1. The van der Waals surface area contributed by atoms with Crippen LogP contribution >= 0.6 is 15.9 Å². The van der Waals surface area contributed by atoms with Crippen LogP contribution in [0.1, 0.15) is 18.1 Å². The number of esters is 1. The molecule has 3 heteroatoms. The van der Waals surface area contributed by atoms with Gasteiger partial charge in [-0.2, -0.15) is 0 Å². The molecule has 0 aliphatic rings. The Kier molecular flexibility index (Phi) is 3.32. The molecule has 0 aliphatic carbocycles. The monoisotopic (exact) mass is 256 g/mol. The zero-order chi connectivity index (χ0) is 10.8. The smallest absolute Gasteiger partial charge is 0.326 e. The van der Waals surface area contributed by atoms with Crippen molar-refractivity contribution in [3.63, 3.8) is 0 Å². The fraction of sp³-hybridized carbons (Fsp3) is 0.364. The Morgan fingerprint density at radius 3 is 2.29 bits per heavy atom. The number of hydrogen-bond donors (Lipinski definition) is 0. The average Bonchev–Trinajstić information content (AvgIpc) is 2.17. The second-order valence-electron chi connectivity index (χ2n) is 3.36. The number of alkyl halides is 1. The van der Waals surface area contributed by atoms with E-state index < -0.39 is 4.32 Å². The quantitative estimate of drug-likeness (QED) is 0.601. The molecule has 76 valence electrons. The first kappa shape index (κ1) is 11.2. The second kappa shape index (κ2) is 4.13. The van der Waals surface area contributed by atoms with Gasteiger partial charge in [0.1, 0.15) is 4.32 Å². The Labute approximate surface area is 92.4 Å². The molecule has 14 heavy (non-hydrogen) atoms. The Balaban J connectivity index is 3.03. The number of benzene rings is 1. The van der Waals surface area contributed by atoms with Crippen molar-refractivity contribution in [3.05, 3.63) is 35.4 Å². The fourth-order valence-electron chi connectivity index (χ4n) is 1.18. The van der Waals surface area contributed by atoms with Gasteiger partial charge in [-0.1, -0.05) is 45.8 Å². The first-order chi connectivity index (χ1) is 6.48. The molecular weight excluding hydrogens is 244 g/mol. The predicted molar refractivity (Wildman–Crippen MR) is 59.5 cm³/mol. The third kappa shape index (κ3) is 2.15. The van der Waals surface area contributed by atoms with Crippen LogP contribution in [-0.2, 0) is 13.9 Å². The Morgan fingerprint density at radius 2 is 1.86 bits per heavy atom. The van der Waals surface area contributed by atoms with E-state index in [1.165, 1.54) is 12.7 Å². The lowest BCUT2D eigenvalue weighted by molar-refractivity contribution is -0.143. The third-order valence-electron chi connectivity index (χ3n) is 2.16. The van der Waals surface area contributed by atoms with Crippen molar-refractivity contribution < 1.29 is 9.53 Å². The van der Waals surface area contributed by atoms with Crippen molar-refractivity contribution in [2.75, 3.05) is 7.11 Å². The number of ether oxygens (including phenoxy) is 1. The molecule has 0 saturated carbocycles. The van der Waals surface area contributed by atoms with Crippen LogP contribution in [0.2, 0.25) is 0 Å². The Bertz CT molecular complexity index is 328. The fourth-order valence-corrected chi connectivity index (χ4v) is 1.60. The van der Waals surface area contributed by atoms with Gasteiger partial charge >= 0.3 is 5.97 Å². The van der Waals surface area contributed by atoms with E-state index in [0.29, 0.717) is 0 Å². The van der Waals surface area contributed by atoms with Gasteiger partial charge in [0.15, 0.2) is 0 Å². The van der Waals surface area contributed by atoms with Gasteiger partial charge in [-0.05, 0) is 19.4 Å². The summed E-state index contributed by atoms with van der Waals surface area (Å²) in [5.74, 6) is -0.290. The number of aryl methyl sites for hydroxylation is 1. The van der Waals surface area contributed by atoms with E-state index >= 15 is 0 Å². The molecule has 1 aromatic rings. The van der Waals surface area contributed by atoms with E-state index in [-0.39, 0.29) is 5.97 Å². The maximum absolute atomic E-state index is 11.4. The van der Waals surface area contributed by atoms with Gasteiger partial charge in [-0.15, -0.1) is 0 Å². The minimum atomic E-state index is -0.755. The molecule has 1 aromatic carbocycles. The molecule has 0 bridgehead atoms. The normalized spacial score (nSPS) is 14.6. The summed E-state index contributed by atoms with van der Waals surface area (Å²) in [4.78, 5) is 11.4. The predicted octanol–water partition coefficient (Wildman–Crippen LogP) is 2.78. The van der Waals surface area contributed by atoms with E-state index in [1.54, 1.807) is 6.92 Å². The molecule has 0 heterocycles. The van der Waals surface area contributed by atoms with Crippen LogP contribution in [-0.4, -0.2) is 13.1 Å². The van der Waals surface area contributed by atoms with Gasteiger partial charge in [0, 0.05) is 0 Å². The molecule has 0 saturated heterocycles. The summed E-state index contributed by atoms with van der Waals surface area (Å²) in [5.41, 5.74) is 2.07. The second-order valence-corrected chi connectivity index (χ2v) is 4.95. The first-order valence-electron chi connectivity index (χ1n) is 4.33. The lowest BCUT2D eigenvalue weighted by atomic mass is 10.00. The van der Waals surface area contributed by atoms with Crippen LogP contribution in [0.4, 0.5) is 0 Å². The highest BCUT2D eigenvalue weighted by atomic mass is 79.9. The average molecular weight is 257 g/mol. The van der Waals surface area contributed by atoms with Gasteiger partial charge in [-0.25, -0.2) is 0 Å². The van der Waals surface area contributed by atoms with Crippen molar-refractivity contribution in [1.29, 1.82) is 0 Å². The molecule has 0 fully saturated rings. The molecule has 0 N–H and O–H groups in total. The van der Waals surface area contributed by atoms with Crippen molar-refractivity contribution in [2.24, 2.45) is 0 Å². The summed E-state index contributed by atoms with van der Waals surface area (Å²) in [7, 11) is 1.38. The van der Waals surface area contributed by atoms with Crippen molar-refractivity contribution in [3.8, 4) is 0 Å². The van der Waals surface area contributed by atoms with Crippen molar-refractivity contribution in [2.45, 2.75) is 18.2 Å². The topological polar surface area (TPSA) is 26.3 Å². The highest BCUT2D eigenvalue weighted by molar-refractivity contribution is 9.10. The van der Waals surface area contributed by atoms with Gasteiger partial charge in [0.05, 0.1) is 7.11 Å². The third-order valence-corrected chi connectivity index (χ3v) is 2.94. The highest BCUT2D eigenvalue weighted by Gasteiger charge is 2.32. The summed E-state index contributed by atoms with van der Waals surface area (Å²) in [5, 5.41) is 0. The minimum Gasteiger partial charge on any atom is -0.468 e. The zero-order valence-electron chi connectivity index (χ0n) is 8.50. The molecule has 0 aromatic heterocycles. The van der Waals surface area contributed by atoms with E-state index in [1.807, 2.05) is 31.2 Å². The van der Waals surface area contributed by atoms with Crippen LogP contribution in [0.5, 0.6) is 0 Å². The molecule has 1 atom stereocenters. The molecule has 1 unspecified atom stereocenters. The van der Waals surface area contributed by atoms with Crippen LogP contribution in [0, 0.1) is 6.92 Å². The Morgan fingerprint density at radius 1 is 1.36 bits per heavy atom.